The molecule has 0 bridgehead atoms. The van der Waals surface area contributed by atoms with Gasteiger partial charge < -0.3 is 5.32 Å². The van der Waals surface area contributed by atoms with Crippen molar-refractivity contribution in [2.24, 2.45) is 0 Å². The highest BCUT2D eigenvalue weighted by molar-refractivity contribution is 6.04. The zero-order valence-electron chi connectivity index (χ0n) is 17.2. The second-order valence-electron chi connectivity index (χ2n) is 7.44. The number of fused-ring (bicyclic) bond motifs is 1. The van der Waals surface area contributed by atoms with Crippen molar-refractivity contribution >= 4 is 22.4 Å². The molecule has 0 aliphatic carbocycles. The van der Waals surface area contributed by atoms with Crippen molar-refractivity contribution in [3.8, 4) is 16.9 Å². The monoisotopic (exact) mass is 421 g/mol. The molecule has 2 aromatic heterocycles. The predicted molar refractivity (Wildman–Crippen MR) is 124 cm³/mol. The van der Waals surface area contributed by atoms with Gasteiger partial charge in [-0.3, -0.25) is 9.59 Å². The lowest BCUT2D eigenvalue weighted by Crippen LogP contribution is -2.12. The van der Waals surface area contributed by atoms with Gasteiger partial charge in [0.1, 0.15) is 0 Å². The maximum absolute atomic E-state index is 12.7. The van der Waals surface area contributed by atoms with Gasteiger partial charge in [-0.1, -0.05) is 42.5 Å². The van der Waals surface area contributed by atoms with Crippen molar-refractivity contribution in [2.75, 3.05) is 5.32 Å². The number of para-hydroxylation sites is 1. The van der Waals surface area contributed by atoms with E-state index in [2.05, 4.69) is 20.6 Å². The number of amides is 1. The molecule has 5 aromatic rings. The van der Waals surface area contributed by atoms with Gasteiger partial charge in [0.05, 0.1) is 28.5 Å². The van der Waals surface area contributed by atoms with Gasteiger partial charge in [-0.25, -0.2) is 9.78 Å². The fourth-order valence-corrected chi connectivity index (χ4v) is 3.69. The summed E-state index contributed by atoms with van der Waals surface area (Å²) in [6.07, 6.45) is 3.24. The minimum Gasteiger partial charge on any atom is -0.322 e. The van der Waals surface area contributed by atoms with Crippen LogP contribution in [0.15, 0.2) is 90.0 Å². The number of benzene rings is 3. The van der Waals surface area contributed by atoms with Crippen molar-refractivity contribution < 1.29 is 4.79 Å². The molecule has 0 aliphatic heterocycles. The summed E-state index contributed by atoms with van der Waals surface area (Å²) >= 11 is 0. The molecule has 156 valence electrons. The summed E-state index contributed by atoms with van der Waals surface area (Å²) in [5, 5.41) is 15.4. The van der Waals surface area contributed by atoms with Gasteiger partial charge in [-0.15, -0.1) is 0 Å². The van der Waals surface area contributed by atoms with E-state index >= 15 is 0 Å². The highest BCUT2D eigenvalue weighted by Crippen LogP contribution is 2.29. The molecule has 7 heteroatoms. The molecule has 2 N–H and O–H groups in total. The Morgan fingerprint density at radius 1 is 0.969 bits per heavy atom. The maximum Gasteiger partial charge on any atom is 0.272 e. The molecule has 0 spiro atoms. The summed E-state index contributed by atoms with van der Waals surface area (Å²) < 4.78 is 1.66. The molecule has 0 atom stereocenters. The number of hydrogen-bond donors (Lipinski definition) is 2. The average Bonchev–Trinajstić information content (AvgIpc) is 3.31. The van der Waals surface area contributed by atoms with E-state index in [4.69, 9.17) is 0 Å². The molecule has 0 radical (unpaired) electrons. The summed E-state index contributed by atoms with van der Waals surface area (Å²) in [5.41, 5.74) is 4.29. The topological polar surface area (TPSA) is 92.7 Å². The van der Waals surface area contributed by atoms with Crippen LogP contribution in [0, 0.1) is 6.92 Å². The first kappa shape index (κ1) is 19.4. The van der Waals surface area contributed by atoms with E-state index in [0.29, 0.717) is 22.3 Å². The van der Waals surface area contributed by atoms with Gasteiger partial charge in [0, 0.05) is 22.8 Å². The lowest BCUT2D eigenvalue weighted by Gasteiger charge is -2.11. The van der Waals surface area contributed by atoms with E-state index in [9.17, 15) is 9.59 Å². The van der Waals surface area contributed by atoms with Crippen LogP contribution in [0.25, 0.3) is 27.7 Å². The van der Waals surface area contributed by atoms with Gasteiger partial charge in [0.15, 0.2) is 0 Å². The van der Waals surface area contributed by atoms with E-state index < -0.39 is 0 Å². The maximum atomic E-state index is 12.7. The Morgan fingerprint density at radius 2 is 1.72 bits per heavy atom. The number of anilines is 1. The molecule has 32 heavy (non-hydrogen) atoms. The van der Waals surface area contributed by atoms with E-state index in [1.54, 1.807) is 23.1 Å². The lowest BCUT2D eigenvalue weighted by atomic mass is 10.0. The number of aryl methyl sites for hydroxylation is 1. The first-order valence-electron chi connectivity index (χ1n) is 10.1. The van der Waals surface area contributed by atoms with Crippen LogP contribution < -0.4 is 10.9 Å². The number of nitrogens with zero attached hydrogens (tertiary/aromatic N) is 3. The number of carbonyl (C=O) groups is 1. The van der Waals surface area contributed by atoms with E-state index in [-0.39, 0.29) is 11.5 Å². The van der Waals surface area contributed by atoms with Gasteiger partial charge in [0.2, 0.25) is 0 Å². The third-order valence-corrected chi connectivity index (χ3v) is 5.30. The molecule has 0 unspecified atom stereocenters. The van der Waals surface area contributed by atoms with Crippen LogP contribution in [0.5, 0.6) is 0 Å². The van der Waals surface area contributed by atoms with Crippen LogP contribution in [-0.2, 0) is 0 Å². The first-order valence-corrected chi connectivity index (χ1v) is 10.1. The van der Waals surface area contributed by atoms with Crippen molar-refractivity contribution in [2.45, 2.75) is 6.92 Å². The van der Waals surface area contributed by atoms with Crippen LogP contribution in [0.4, 0.5) is 5.69 Å². The lowest BCUT2D eigenvalue weighted by molar-refractivity contribution is 0.102. The Kier molecular flexibility index (Phi) is 4.84. The molecule has 3 aromatic carbocycles. The Balaban J connectivity index is 1.41. The number of aromatic nitrogens is 4. The Labute approximate surface area is 183 Å². The van der Waals surface area contributed by atoms with Crippen LogP contribution >= 0.6 is 0 Å². The highest BCUT2D eigenvalue weighted by atomic mass is 16.1. The fourth-order valence-electron chi connectivity index (χ4n) is 3.69. The number of aromatic amines is 1. The van der Waals surface area contributed by atoms with Crippen LogP contribution in [0.1, 0.15) is 15.9 Å². The van der Waals surface area contributed by atoms with Gasteiger partial charge in [0.25, 0.3) is 11.5 Å². The van der Waals surface area contributed by atoms with Gasteiger partial charge in [-0.2, -0.15) is 10.2 Å². The van der Waals surface area contributed by atoms with Crippen LogP contribution in [0.3, 0.4) is 0 Å². The minimum atomic E-state index is -0.244. The van der Waals surface area contributed by atoms with Crippen LogP contribution in [0.2, 0.25) is 0 Å². The molecule has 0 fully saturated rings. The fraction of sp³-hybridized carbons (Fsp3) is 0.0400. The third kappa shape index (κ3) is 3.56. The standard InChI is InChI=1S/C25H19N5O2/c1-16-13-18(27-24(31)17-14-26-30(15-17)19-7-3-2-4-8-19)11-12-20(16)23-21-9-5-6-10-22(21)25(32)29-28-23/h2-15H,1H3,(H,27,31)(H,29,32). The number of hydrogen-bond acceptors (Lipinski definition) is 4. The zero-order valence-corrected chi connectivity index (χ0v) is 17.2. The van der Waals surface area contributed by atoms with E-state index in [1.807, 2.05) is 73.7 Å². The largest absolute Gasteiger partial charge is 0.322 e. The van der Waals surface area contributed by atoms with Crippen molar-refractivity contribution in [1.82, 2.24) is 20.0 Å². The van der Waals surface area contributed by atoms with E-state index in [1.165, 1.54) is 0 Å². The molecular formula is C25H19N5O2. The second kappa shape index (κ2) is 7.96. The number of carbonyl (C=O) groups excluding carboxylic acids is 1. The number of rotatable bonds is 4. The third-order valence-electron chi connectivity index (χ3n) is 5.30. The van der Waals surface area contributed by atoms with Crippen LogP contribution in [-0.4, -0.2) is 25.9 Å². The SMILES string of the molecule is Cc1cc(NC(=O)c2cnn(-c3ccccc3)c2)ccc1-c1n[nH]c(=O)c2ccccc12. The quantitative estimate of drug-likeness (QED) is 0.452. The van der Waals surface area contributed by atoms with Gasteiger partial charge in [-0.05, 0) is 42.8 Å². The Bertz CT molecular complexity index is 1500. The normalized spacial score (nSPS) is 10.9. The zero-order chi connectivity index (χ0) is 22.1. The van der Waals surface area contributed by atoms with Gasteiger partial charge >= 0.3 is 0 Å². The summed E-state index contributed by atoms with van der Waals surface area (Å²) in [6.45, 7) is 1.94. The van der Waals surface area contributed by atoms with Crippen molar-refractivity contribution in [3.05, 3.63) is 107 Å². The predicted octanol–water partition coefficient (Wildman–Crippen LogP) is 4.34. The molecule has 2 heterocycles. The molecule has 7 nitrogen and oxygen atoms in total. The second-order valence-corrected chi connectivity index (χ2v) is 7.44. The highest BCUT2D eigenvalue weighted by Gasteiger charge is 2.13. The van der Waals surface area contributed by atoms with Crippen molar-refractivity contribution in [3.63, 3.8) is 0 Å². The summed E-state index contributed by atoms with van der Waals surface area (Å²) in [6, 6.07) is 22.6. The molecular weight excluding hydrogens is 402 g/mol. The summed E-state index contributed by atoms with van der Waals surface area (Å²) in [7, 11) is 0. The minimum absolute atomic E-state index is 0.220. The Morgan fingerprint density at radius 3 is 2.50 bits per heavy atom. The molecule has 1 amide bonds. The van der Waals surface area contributed by atoms with E-state index in [0.717, 1.165) is 22.2 Å². The number of H-pyrrole nitrogens is 1. The van der Waals surface area contributed by atoms with Crippen molar-refractivity contribution in [1.29, 1.82) is 0 Å². The average molecular weight is 421 g/mol. The summed E-state index contributed by atoms with van der Waals surface area (Å²) in [4.78, 5) is 24.8. The molecule has 0 saturated heterocycles. The molecule has 0 saturated carbocycles. The summed E-state index contributed by atoms with van der Waals surface area (Å²) in [5.74, 6) is -0.244. The number of nitrogens with one attached hydrogen (secondary N) is 2. The smallest absolute Gasteiger partial charge is 0.272 e. The molecule has 0 aliphatic rings. The Hall–Kier alpha value is -4.52. The first-order chi connectivity index (χ1) is 15.6. The molecule has 5 rings (SSSR count).